The monoisotopic (exact) mass is 382 g/mol. The van der Waals surface area contributed by atoms with Gasteiger partial charge < -0.3 is 4.90 Å². The van der Waals surface area contributed by atoms with E-state index in [1.54, 1.807) is 0 Å². The van der Waals surface area contributed by atoms with Crippen LogP contribution in [0.3, 0.4) is 0 Å². The first-order valence-electron chi connectivity index (χ1n) is 10.1. The number of benzene rings is 2. The van der Waals surface area contributed by atoms with Gasteiger partial charge in [0, 0.05) is 31.4 Å². The summed E-state index contributed by atoms with van der Waals surface area (Å²) in [5, 5.41) is 1.22. The number of hydrogen-bond donors (Lipinski definition) is 0. The van der Waals surface area contributed by atoms with E-state index in [2.05, 4.69) is 73.9 Å². The highest BCUT2D eigenvalue weighted by molar-refractivity contribution is 7.21. The maximum Gasteiger partial charge on any atom is 0.201 e. The standard InChI is InChI=1S/C23H32N3S/c1-5-6-7-8-9-10-15-26(4)19-12-14-21-23(17-19)27-22-16-18(25(2)3)11-13-20(22)24-21/h11-14,16-17H,5-10,15H2,1-4H3/q+1. The molecule has 1 aliphatic carbocycles. The molecule has 1 aliphatic heterocycles. The van der Waals surface area contributed by atoms with Gasteiger partial charge in [0.05, 0.1) is 20.8 Å². The minimum absolute atomic E-state index is 1.08. The zero-order chi connectivity index (χ0) is 19.2. The van der Waals surface area contributed by atoms with Crippen LogP contribution in [0.2, 0.25) is 0 Å². The van der Waals surface area contributed by atoms with E-state index in [1.807, 2.05) is 11.3 Å². The van der Waals surface area contributed by atoms with Crippen LogP contribution < -0.4 is 14.8 Å². The molecule has 0 spiro atoms. The first kappa shape index (κ1) is 19.8. The lowest BCUT2D eigenvalue weighted by atomic mass is 10.1. The molecule has 3 nitrogen and oxygen atoms in total. The van der Waals surface area contributed by atoms with Crippen LogP contribution in [0.15, 0.2) is 36.4 Å². The van der Waals surface area contributed by atoms with Crippen molar-refractivity contribution in [2.45, 2.75) is 45.4 Å². The van der Waals surface area contributed by atoms with Gasteiger partial charge in [-0.25, -0.2) is 9.56 Å². The number of aromatic nitrogens is 1. The fourth-order valence-corrected chi connectivity index (χ4v) is 4.41. The second kappa shape index (κ2) is 9.32. The number of rotatable bonds is 8. The molecule has 144 valence electrons. The van der Waals surface area contributed by atoms with Crippen molar-refractivity contribution in [3.05, 3.63) is 41.8 Å². The van der Waals surface area contributed by atoms with E-state index in [9.17, 15) is 0 Å². The third-order valence-corrected chi connectivity index (χ3v) is 6.25. The lowest BCUT2D eigenvalue weighted by Gasteiger charge is -2.20. The van der Waals surface area contributed by atoms with E-state index in [4.69, 9.17) is 4.98 Å². The molecule has 3 rings (SSSR count). The summed E-state index contributed by atoms with van der Waals surface area (Å²) in [6.45, 7) is 3.39. The largest absolute Gasteiger partial charge is 0.375 e. The van der Waals surface area contributed by atoms with Crippen LogP contribution in [0.25, 0.3) is 20.8 Å². The van der Waals surface area contributed by atoms with Gasteiger partial charge in [-0.3, -0.25) is 0 Å². The Kier molecular flexibility index (Phi) is 6.84. The topological polar surface area (TPSA) is 19.1 Å². The molecule has 4 heteroatoms. The van der Waals surface area contributed by atoms with Crippen molar-refractivity contribution in [3.8, 4) is 10.6 Å². The summed E-state index contributed by atoms with van der Waals surface area (Å²) in [4.78, 5) is 8.48. The van der Waals surface area contributed by atoms with Gasteiger partial charge in [-0.2, -0.15) is 0 Å². The van der Waals surface area contributed by atoms with E-state index in [-0.39, 0.29) is 0 Å². The SMILES string of the molecule is CCCCCCCCN(C)c1ccc2nc3ccc(=[N+](C)C)cc-3sc2c1. The van der Waals surface area contributed by atoms with Gasteiger partial charge in [0.2, 0.25) is 5.36 Å². The van der Waals surface area contributed by atoms with Gasteiger partial charge in [0.15, 0.2) is 0 Å². The molecule has 1 heterocycles. The number of anilines is 1. The zero-order valence-corrected chi connectivity index (χ0v) is 18.0. The molecular formula is C23H32N3S+. The molecule has 0 radical (unpaired) electrons. The Morgan fingerprint density at radius 3 is 2.52 bits per heavy atom. The van der Waals surface area contributed by atoms with Gasteiger partial charge in [0.1, 0.15) is 14.1 Å². The zero-order valence-electron chi connectivity index (χ0n) is 17.2. The molecule has 0 unspecified atom stereocenters. The van der Waals surface area contributed by atoms with Gasteiger partial charge in [-0.05, 0) is 30.7 Å². The molecule has 0 atom stereocenters. The quantitative estimate of drug-likeness (QED) is 0.302. The first-order valence-corrected chi connectivity index (χ1v) is 11.0. The van der Waals surface area contributed by atoms with Gasteiger partial charge >= 0.3 is 0 Å². The van der Waals surface area contributed by atoms with Crippen LogP contribution in [0, 0.1) is 0 Å². The van der Waals surface area contributed by atoms with E-state index >= 15 is 0 Å². The summed E-state index contributed by atoms with van der Waals surface area (Å²) in [7, 11) is 6.36. The third-order valence-electron chi connectivity index (χ3n) is 5.15. The number of hydrogen-bond acceptors (Lipinski definition) is 3. The molecule has 27 heavy (non-hydrogen) atoms. The average Bonchev–Trinajstić information content (AvgIpc) is 2.67. The molecule has 0 amide bonds. The van der Waals surface area contributed by atoms with Crippen LogP contribution in [-0.2, 0) is 0 Å². The predicted octanol–water partition coefficient (Wildman–Crippen LogP) is 5.23. The van der Waals surface area contributed by atoms with E-state index in [1.165, 1.54) is 59.1 Å². The van der Waals surface area contributed by atoms with Crippen LogP contribution >= 0.6 is 11.3 Å². The van der Waals surface area contributed by atoms with Crippen LogP contribution in [0.1, 0.15) is 45.4 Å². The van der Waals surface area contributed by atoms with Crippen molar-refractivity contribution in [2.75, 3.05) is 32.6 Å². The maximum absolute atomic E-state index is 4.86. The molecule has 2 aliphatic rings. The third kappa shape index (κ3) is 5.07. The fourth-order valence-electron chi connectivity index (χ4n) is 3.38. The number of unbranched alkanes of at least 4 members (excludes halogenated alkanes) is 5. The minimum atomic E-state index is 1.08. The molecule has 0 aromatic heterocycles. The Balaban J connectivity index is 1.76. The second-order valence-electron chi connectivity index (χ2n) is 7.60. The molecule has 0 fully saturated rings. The smallest absolute Gasteiger partial charge is 0.201 e. The Morgan fingerprint density at radius 1 is 0.963 bits per heavy atom. The van der Waals surface area contributed by atoms with Crippen molar-refractivity contribution in [3.63, 3.8) is 0 Å². The number of fused-ring (bicyclic) bond motifs is 2. The Bertz CT molecular complexity index is 924. The van der Waals surface area contributed by atoms with E-state index < -0.39 is 0 Å². The Labute approximate surface area is 167 Å². The maximum atomic E-state index is 4.86. The summed E-state index contributed by atoms with van der Waals surface area (Å²) >= 11 is 1.84. The molecular weight excluding hydrogens is 350 g/mol. The number of nitrogens with zero attached hydrogens (tertiary/aromatic N) is 3. The molecule has 1 aromatic rings. The van der Waals surface area contributed by atoms with Crippen molar-refractivity contribution in [1.29, 1.82) is 0 Å². The first-order chi connectivity index (χ1) is 13.1. The Morgan fingerprint density at radius 2 is 1.74 bits per heavy atom. The van der Waals surface area contributed by atoms with Gasteiger partial charge in [-0.15, -0.1) is 11.3 Å². The molecule has 0 N–H and O–H groups in total. The predicted molar refractivity (Wildman–Crippen MR) is 120 cm³/mol. The van der Waals surface area contributed by atoms with Gasteiger partial charge in [0.25, 0.3) is 0 Å². The van der Waals surface area contributed by atoms with E-state index in [0.717, 1.165) is 17.8 Å². The highest BCUT2D eigenvalue weighted by Crippen LogP contribution is 2.31. The normalized spacial score (nSPS) is 11.3. The van der Waals surface area contributed by atoms with Crippen LogP contribution in [-0.4, -0.2) is 32.7 Å². The van der Waals surface area contributed by atoms with Crippen molar-refractivity contribution in [2.24, 2.45) is 0 Å². The summed E-state index contributed by atoms with van der Waals surface area (Å²) in [6.07, 6.45) is 8.04. The lowest BCUT2D eigenvalue weighted by molar-refractivity contribution is 0.606. The molecule has 0 saturated heterocycles. The summed E-state index contributed by atoms with van der Waals surface area (Å²) < 4.78 is 3.40. The highest BCUT2D eigenvalue weighted by atomic mass is 32.1. The summed E-state index contributed by atoms with van der Waals surface area (Å²) in [5.74, 6) is 0. The van der Waals surface area contributed by atoms with Gasteiger partial charge in [-0.1, -0.05) is 39.0 Å². The van der Waals surface area contributed by atoms with E-state index in [0.29, 0.717) is 0 Å². The second-order valence-corrected chi connectivity index (χ2v) is 8.69. The molecule has 0 bridgehead atoms. The minimum Gasteiger partial charge on any atom is -0.375 e. The van der Waals surface area contributed by atoms with Crippen molar-refractivity contribution in [1.82, 2.24) is 9.56 Å². The fraction of sp³-hybridized carbons (Fsp3) is 0.478. The molecule has 1 aromatic carbocycles. The average molecular weight is 383 g/mol. The van der Waals surface area contributed by atoms with Crippen molar-refractivity contribution < 1.29 is 0 Å². The van der Waals surface area contributed by atoms with Crippen LogP contribution in [0.5, 0.6) is 0 Å². The molecule has 0 saturated carbocycles. The summed E-state index contributed by atoms with van der Waals surface area (Å²) in [5.41, 5.74) is 3.45. The highest BCUT2D eigenvalue weighted by Gasteiger charge is 2.10. The van der Waals surface area contributed by atoms with Crippen molar-refractivity contribution >= 4 is 27.2 Å². The van der Waals surface area contributed by atoms with Crippen LogP contribution in [0.4, 0.5) is 5.69 Å². The lowest BCUT2D eigenvalue weighted by Crippen LogP contribution is -2.21. The summed E-state index contributed by atoms with van der Waals surface area (Å²) in [6, 6.07) is 13.2. The Hall–Kier alpha value is -1.94.